The SMILES string of the molecule is CN/C=C(\C=N)c1ccc2c(c1)ncn2-c1cc(OC)c(C(=O)NC2CC2)c(OC(F)F)c1. The minimum atomic E-state index is -3.11. The Morgan fingerprint density at radius 1 is 1.27 bits per heavy atom. The summed E-state index contributed by atoms with van der Waals surface area (Å²) in [6, 6.07) is 8.47. The molecule has 172 valence electrons. The number of carbonyl (C=O) groups is 1. The molecule has 0 radical (unpaired) electrons. The van der Waals surface area contributed by atoms with Gasteiger partial charge in [-0.2, -0.15) is 8.78 Å². The number of rotatable bonds is 9. The molecule has 0 bridgehead atoms. The molecular weight excluding hydrogens is 432 g/mol. The van der Waals surface area contributed by atoms with E-state index in [9.17, 15) is 13.6 Å². The van der Waals surface area contributed by atoms with E-state index < -0.39 is 12.5 Å². The Kier molecular flexibility index (Phi) is 6.25. The summed E-state index contributed by atoms with van der Waals surface area (Å²) in [4.78, 5) is 17.1. The fourth-order valence-electron chi connectivity index (χ4n) is 3.54. The second-order valence-corrected chi connectivity index (χ2v) is 7.50. The molecule has 0 atom stereocenters. The number of benzene rings is 2. The number of fused-ring (bicyclic) bond motifs is 1. The summed E-state index contributed by atoms with van der Waals surface area (Å²) >= 11 is 0. The minimum absolute atomic E-state index is 0.0379. The summed E-state index contributed by atoms with van der Waals surface area (Å²) in [6.07, 6.45) is 6.19. The molecule has 4 rings (SSSR count). The molecule has 3 N–H and O–H groups in total. The monoisotopic (exact) mass is 455 g/mol. The van der Waals surface area contributed by atoms with E-state index in [-0.39, 0.29) is 23.1 Å². The quantitative estimate of drug-likeness (QED) is 0.427. The van der Waals surface area contributed by atoms with Crippen LogP contribution in [0.3, 0.4) is 0 Å². The third-order valence-electron chi connectivity index (χ3n) is 5.24. The number of allylic oxidation sites excluding steroid dienone is 1. The van der Waals surface area contributed by atoms with Crippen molar-refractivity contribution >= 4 is 28.7 Å². The van der Waals surface area contributed by atoms with Gasteiger partial charge >= 0.3 is 6.61 Å². The van der Waals surface area contributed by atoms with Gasteiger partial charge in [-0.15, -0.1) is 0 Å². The summed E-state index contributed by atoms with van der Waals surface area (Å²) in [7, 11) is 3.11. The number of hydrogen-bond donors (Lipinski definition) is 3. The van der Waals surface area contributed by atoms with Gasteiger partial charge in [0.15, 0.2) is 0 Å². The second-order valence-electron chi connectivity index (χ2n) is 7.50. The zero-order valence-corrected chi connectivity index (χ0v) is 18.1. The number of methoxy groups -OCH3 is 1. The van der Waals surface area contributed by atoms with Crippen LogP contribution in [0.1, 0.15) is 28.8 Å². The minimum Gasteiger partial charge on any atom is -0.496 e. The van der Waals surface area contributed by atoms with Gasteiger partial charge in [0.25, 0.3) is 5.91 Å². The average Bonchev–Trinajstić information content (AvgIpc) is 3.51. The van der Waals surface area contributed by atoms with Crippen molar-refractivity contribution in [3.05, 3.63) is 54.0 Å². The van der Waals surface area contributed by atoms with E-state index in [4.69, 9.17) is 14.9 Å². The van der Waals surface area contributed by atoms with Gasteiger partial charge in [-0.05, 0) is 30.5 Å². The van der Waals surface area contributed by atoms with E-state index in [0.29, 0.717) is 22.3 Å². The molecule has 33 heavy (non-hydrogen) atoms. The van der Waals surface area contributed by atoms with E-state index >= 15 is 0 Å². The average molecular weight is 455 g/mol. The van der Waals surface area contributed by atoms with Crippen molar-refractivity contribution in [2.45, 2.75) is 25.5 Å². The van der Waals surface area contributed by atoms with Crippen molar-refractivity contribution in [1.82, 2.24) is 20.2 Å². The topological polar surface area (TPSA) is 101 Å². The van der Waals surface area contributed by atoms with Crippen molar-refractivity contribution in [3.63, 3.8) is 0 Å². The Bertz CT molecular complexity index is 1230. The number of aromatic nitrogens is 2. The highest BCUT2D eigenvalue weighted by atomic mass is 19.3. The van der Waals surface area contributed by atoms with E-state index in [1.54, 1.807) is 30.2 Å². The van der Waals surface area contributed by atoms with Crippen LogP contribution < -0.4 is 20.1 Å². The van der Waals surface area contributed by atoms with Gasteiger partial charge in [0, 0.05) is 43.2 Å². The largest absolute Gasteiger partial charge is 0.496 e. The van der Waals surface area contributed by atoms with Gasteiger partial charge in [0.2, 0.25) is 0 Å². The molecule has 0 saturated heterocycles. The van der Waals surface area contributed by atoms with Crippen LogP contribution in [-0.4, -0.2) is 48.5 Å². The Labute approximate surface area is 188 Å². The van der Waals surface area contributed by atoms with Crippen molar-refractivity contribution in [2.24, 2.45) is 0 Å². The van der Waals surface area contributed by atoms with Crippen LogP contribution in [0.25, 0.3) is 22.3 Å². The lowest BCUT2D eigenvalue weighted by Crippen LogP contribution is -2.27. The first-order valence-corrected chi connectivity index (χ1v) is 10.3. The van der Waals surface area contributed by atoms with E-state index in [1.807, 2.05) is 18.2 Å². The molecule has 0 spiro atoms. The highest BCUT2D eigenvalue weighted by Crippen LogP contribution is 2.35. The first-order chi connectivity index (χ1) is 15.9. The number of halogens is 2. The molecular formula is C23H23F2N5O3. The van der Waals surface area contributed by atoms with Crippen LogP contribution in [-0.2, 0) is 0 Å². The fraction of sp³-hybridized carbons (Fsp3) is 0.261. The number of ether oxygens (including phenoxy) is 2. The highest BCUT2D eigenvalue weighted by molar-refractivity contribution is 6.09. The molecule has 3 aromatic rings. The number of nitrogens with zero attached hydrogens (tertiary/aromatic N) is 2. The van der Waals surface area contributed by atoms with E-state index in [2.05, 4.69) is 15.6 Å². The number of hydrogen-bond acceptors (Lipinski definition) is 6. The third kappa shape index (κ3) is 4.64. The summed E-state index contributed by atoms with van der Waals surface area (Å²) < 4.78 is 38.1. The Morgan fingerprint density at radius 3 is 2.67 bits per heavy atom. The normalized spacial score (nSPS) is 13.8. The molecule has 0 aliphatic heterocycles. The zero-order valence-electron chi connectivity index (χ0n) is 18.1. The van der Waals surface area contributed by atoms with Gasteiger partial charge in [-0.1, -0.05) is 6.07 Å². The van der Waals surface area contributed by atoms with Gasteiger partial charge in [0.05, 0.1) is 23.8 Å². The Balaban J connectivity index is 1.80. The second kappa shape index (κ2) is 9.27. The highest BCUT2D eigenvalue weighted by Gasteiger charge is 2.29. The summed E-state index contributed by atoms with van der Waals surface area (Å²) in [6.45, 7) is -3.11. The first-order valence-electron chi connectivity index (χ1n) is 10.3. The summed E-state index contributed by atoms with van der Waals surface area (Å²) in [5.41, 5.74) is 3.18. The smallest absolute Gasteiger partial charge is 0.387 e. The molecule has 0 unspecified atom stereocenters. The predicted molar refractivity (Wildman–Crippen MR) is 121 cm³/mol. The Morgan fingerprint density at radius 2 is 2.03 bits per heavy atom. The maximum atomic E-state index is 13.2. The van der Waals surface area contributed by atoms with Crippen LogP contribution in [0.4, 0.5) is 8.78 Å². The van der Waals surface area contributed by atoms with E-state index in [1.165, 1.54) is 19.4 Å². The molecule has 1 aliphatic carbocycles. The molecule has 1 heterocycles. The summed E-state index contributed by atoms with van der Waals surface area (Å²) in [5.74, 6) is -0.686. The number of nitrogens with one attached hydrogen (secondary N) is 3. The van der Waals surface area contributed by atoms with Gasteiger partial charge < -0.3 is 25.5 Å². The van der Waals surface area contributed by atoms with Crippen molar-refractivity contribution in [3.8, 4) is 17.2 Å². The fourth-order valence-corrected chi connectivity index (χ4v) is 3.54. The lowest BCUT2D eigenvalue weighted by atomic mass is 10.1. The Hall–Kier alpha value is -3.95. The zero-order chi connectivity index (χ0) is 23.5. The maximum Gasteiger partial charge on any atom is 0.387 e. The summed E-state index contributed by atoms with van der Waals surface area (Å²) in [5, 5.41) is 13.3. The molecule has 1 aliphatic rings. The maximum absolute atomic E-state index is 13.2. The van der Waals surface area contributed by atoms with Crippen molar-refractivity contribution in [1.29, 1.82) is 5.41 Å². The van der Waals surface area contributed by atoms with Crippen LogP contribution in [0.15, 0.2) is 42.9 Å². The molecule has 1 saturated carbocycles. The van der Waals surface area contributed by atoms with Crippen LogP contribution in [0, 0.1) is 5.41 Å². The van der Waals surface area contributed by atoms with Crippen molar-refractivity contribution in [2.75, 3.05) is 14.2 Å². The van der Waals surface area contributed by atoms with Gasteiger partial charge in [0.1, 0.15) is 23.4 Å². The van der Waals surface area contributed by atoms with Crippen LogP contribution in [0.2, 0.25) is 0 Å². The predicted octanol–water partition coefficient (Wildman–Crippen LogP) is 3.74. The molecule has 1 amide bonds. The molecule has 2 aromatic carbocycles. The number of carbonyl (C=O) groups excluding carboxylic acids is 1. The molecule has 8 nitrogen and oxygen atoms in total. The van der Waals surface area contributed by atoms with Crippen LogP contribution >= 0.6 is 0 Å². The molecule has 1 aromatic heterocycles. The van der Waals surface area contributed by atoms with Crippen LogP contribution in [0.5, 0.6) is 11.5 Å². The standard InChI is InChI=1S/C23H23F2N5O3/c1-27-11-14(10-26)13-3-6-18-17(7-13)28-12-30(18)16-8-19(32-2)21(20(9-16)33-23(24)25)22(31)29-15-4-5-15/h3,6-12,15,23,26-27H,4-5H2,1-2H3,(H,29,31)/b14-11+,26-10?. The van der Waals surface area contributed by atoms with E-state index in [0.717, 1.165) is 18.4 Å². The lowest BCUT2D eigenvalue weighted by molar-refractivity contribution is -0.0502. The number of amides is 1. The van der Waals surface area contributed by atoms with Crippen molar-refractivity contribution < 1.29 is 23.0 Å². The first kappa shape index (κ1) is 22.3. The lowest BCUT2D eigenvalue weighted by Gasteiger charge is -2.17. The van der Waals surface area contributed by atoms with Gasteiger partial charge in [-0.25, -0.2) is 4.98 Å². The number of alkyl halides is 2. The third-order valence-corrected chi connectivity index (χ3v) is 5.24. The molecule has 10 heteroatoms. The van der Waals surface area contributed by atoms with Gasteiger partial charge in [-0.3, -0.25) is 9.36 Å². The molecule has 1 fully saturated rings. The number of imidazole rings is 1.